The van der Waals surface area contributed by atoms with Crippen LogP contribution in [0.15, 0.2) is 44.4 Å². The molecule has 0 radical (unpaired) electrons. The first kappa shape index (κ1) is 22.6. The second-order valence-corrected chi connectivity index (χ2v) is 5.85. The minimum Gasteiger partial charge on any atom is -0.469 e. The third-order valence-corrected chi connectivity index (χ3v) is 3.71. The van der Waals surface area contributed by atoms with E-state index in [4.69, 9.17) is 13.6 Å². The first-order chi connectivity index (χ1) is 12.2. The van der Waals surface area contributed by atoms with Crippen LogP contribution in [0.1, 0.15) is 43.6 Å². The fourth-order valence-corrected chi connectivity index (χ4v) is 2.38. The number of aryl methyl sites for hydroxylation is 1. The first-order valence-corrected chi connectivity index (χ1v) is 8.90. The molecule has 0 saturated heterocycles. The van der Waals surface area contributed by atoms with Crippen molar-refractivity contribution in [3.05, 3.63) is 47.8 Å². The van der Waals surface area contributed by atoms with E-state index in [0.29, 0.717) is 6.54 Å². The molecule has 0 aromatic carbocycles. The Kier molecular flexibility index (Phi) is 11.1. The van der Waals surface area contributed by atoms with E-state index in [1.807, 2.05) is 38.1 Å². The van der Waals surface area contributed by atoms with Crippen LogP contribution >= 0.6 is 24.0 Å². The summed E-state index contributed by atoms with van der Waals surface area (Å²) in [5.41, 5.74) is 0. The molecule has 1 unspecified atom stereocenters. The lowest BCUT2D eigenvalue weighted by Gasteiger charge is -2.17. The van der Waals surface area contributed by atoms with Crippen LogP contribution in [0.3, 0.4) is 0 Å². The molecule has 2 N–H and O–H groups in total. The quantitative estimate of drug-likeness (QED) is 0.235. The molecule has 0 saturated carbocycles. The number of aliphatic imine (C=N–C) groups is 1. The zero-order valence-corrected chi connectivity index (χ0v) is 18.1. The highest BCUT2D eigenvalue weighted by Crippen LogP contribution is 2.15. The van der Waals surface area contributed by atoms with E-state index in [2.05, 4.69) is 22.5 Å². The molecule has 0 amide bonds. The molecule has 0 spiro atoms. The molecule has 2 aromatic rings. The summed E-state index contributed by atoms with van der Waals surface area (Å²) in [7, 11) is 0. The van der Waals surface area contributed by atoms with Crippen molar-refractivity contribution in [2.75, 3.05) is 26.3 Å². The third-order valence-electron chi connectivity index (χ3n) is 3.71. The smallest absolute Gasteiger partial charge is 0.191 e. The van der Waals surface area contributed by atoms with Crippen molar-refractivity contribution in [1.82, 2.24) is 10.6 Å². The molecule has 0 fully saturated rings. The molecule has 0 aliphatic rings. The Balaban J connectivity index is 0.00000338. The second kappa shape index (κ2) is 12.8. The van der Waals surface area contributed by atoms with Crippen molar-refractivity contribution in [3.63, 3.8) is 0 Å². The van der Waals surface area contributed by atoms with Crippen LogP contribution in [0, 0.1) is 6.92 Å². The van der Waals surface area contributed by atoms with E-state index in [1.54, 1.807) is 6.26 Å². The highest BCUT2D eigenvalue weighted by Gasteiger charge is 2.11. The number of nitrogens with zero attached hydrogens (tertiary/aromatic N) is 1. The molecule has 7 heteroatoms. The Labute approximate surface area is 172 Å². The van der Waals surface area contributed by atoms with Gasteiger partial charge in [0.25, 0.3) is 0 Å². The molecule has 0 bridgehead atoms. The van der Waals surface area contributed by atoms with E-state index in [0.717, 1.165) is 55.8 Å². The van der Waals surface area contributed by atoms with Gasteiger partial charge in [0.2, 0.25) is 0 Å². The van der Waals surface area contributed by atoms with Gasteiger partial charge in [0, 0.05) is 32.7 Å². The van der Waals surface area contributed by atoms with Gasteiger partial charge in [-0.05, 0) is 51.5 Å². The fraction of sp³-hybridized carbons (Fsp3) is 0.526. The number of halogens is 1. The highest BCUT2D eigenvalue weighted by molar-refractivity contribution is 14.0. The predicted molar refractivity (Wildman–Crippen MR) is 114 cm³/mol. The molecule has 1 atom stereocenters. The topological polar surface area (TPSA) is 71.9 Å². The Hall–Kier alpha value is -1.48. The summed E-state index contributed by atoms with van der Waals surface area (Å²) in [6.45, 7) is 8.93. The van der Waals surface area contributed by atoms with Crippen molar-refractivity contribution < 1.29 is 13.6 Å². The number of guanidine groups is 1. The van der Waals surface area contributed by atoms with E-state index in [-0.39, 0.29) is 30.0 Å². The van der Waals surface area contributed by atoms with Crippen molar-refractivity contribution in [1.29, 1.82) is 0 Å². The van der Waals surface area contributed by atoms with Crippen LogP contribution in [-0.4, -0.2) is 32.3 Å². The van der Waals surface area contributed by atoms with Crippen LogP contribution in [-0.2, 0) is 11.2 Å². The molecule has 2 rings (SSSR count). The Morgan fingerprint density at radius 3 is 2.81 bits per heavy atom. The Morgan fingerprint density at radius 2 is 2.15 bits per heavy atom. The summed E-state index contributed by atoms with van der Waals surface area (Å²) < 4.78 is 16.4. The highest BCUT2D eigenvalue weighted by atomic mass is 127. The lowest BCUT2D eigenvalue weighted by atomic mass is 10.2. The van der Waals surface area contributed by atoms with Crippen LogP contribution in [0.5, 0.6) is 0 Å². The maximum Gasteiger partial charge on any atom is 0.191 e. The van der Waals surface area contributed by atoms with Gasteiger partial charge >= 0.3 is 0 Å². The average Bonchev–Trinajstić information content (AvgIpc) is 3.26. The fourth-order valence-electron chi connectivity index (χ4n) is 2.38. The lowest BCUT2D eigenvalue weighted by Crippen LogP contribution is -2.39. The predicted octanol–water partition coefficient (Wildman–Crippen LogP) is 4.06. The van der Waals surface area contributed by atoms with E-state index in [9.17, 15) is 0 Å². The van der Waals surface area contributed by atoms with Crippen molar-refractivity contribution in [3.8, 4) is 0 Å². The summed E-state index contributed by atoms with van der Waals surface area (Å²) in [4.78, 5) is 4.63. The maximum absolute atomic E-state index is 5.69. The number of hydrogen-bond donors (Lipinski definition) is 2. The van der Waals surface area contributed by atoms with E-state index < -0.39 is 0 Å². The molecule has 146 valence electrons. The zero-order chi connectivity index (χ0) is 17.9. The number of nitrogens with one attached hydrogen (secondary N) is 2. The molecular weight excluding hydrogens is 445 g/mol. The zero-order valence-electron chi connectivity index (χ0n) is 15.8. The number of ether oxygens (including phenoxy) is 1. The monoisotopic (exact) mass is 475 g/mol. The van der Waals surface area contributed by atoms with Gasteiger partial charge in [-0.2, -0.15) is 0 Å². The molecule has 0 aliphatic heterocycles. The second-order valence-electron chi connectivity index (χ2n) is 5.85. The average molecular weight is 475 g/mol. The van der Waals surface area contributed by atoms with Gasteiger partial charge in [0.15, 0.2) is 5.96 Å². The molecular formula is C19H30IN3O3. The molecule has 2 aromatic heterocycles. The van der Waals surface area contributed by atoms with Gasteiger partial charge in [-0.25, -0.2) is 0 Å². The third kappa shape index (κ3) is 8.27. The van der Waals surface area contributed by atoms with Crippen LogP contribution in [0.25, 0.3) is 0 Å². The van der Waals surface area contributed by atoms with E-state index in [1.165, 1.54) is 0 Å². The number of rotatable bonds is 10. The molecule has 26 heavy (non-hydrogen) atoms. The van der Waals surface area contributed by atoms with Gasteiger partial charge in [-0.1, -0.05) is 0 Å². The maximum atomic E-state index is 5.69. The van der Waals surface area contributed by atoms with Gasteiger partial charge in [-0.15, -0.1) is 24.0 Å². The SMILES string of the molecule is CCOCCCN=C(NCCc1ccco1)NC(C)c1ccc(C)o1.I. The normalized spacial score (nSPS) is 12.5. The van der Waals surface area contributed by atoms with E-state index >= 15 is 0 Å². The summed E-state index contributed by atoms with van der Waals surface area (Å²) in [5, 5.41) is 6.74. The van der Waals surface area contributed by atoms with Crippen LogP contribution < -0.4 is 10.6 Å². The van der Waals surface area contributed by atoms with Gasteiger partial charge in [0.05, 0.1) is 12.3 Å². The van der Waals surface area contributed by atoms with Gasteiger partial charge in [0.1, 0.15) is 17.3 Å². The summed E-state index contributed by atoms with van der Waals surface area (Å²) >= 11 is 0. The van der Waals surface area contributed by atoms with Crippen molar-refractivity contribution >= 4 is 29.9 Å². The molecule has 2 heterocycles. The summed E-state index contributed by atoms with van der Waals surface area (Å²) in [5.74, 6) is 3.53. The van der Waals surface area contributed by atoms with Crippen LogP contribution in [0.2, 0.25) is 0 Å². The first-order valence-electron chi connectivity index (χ1n) is 8.90. The van der Waals surface area contributed by atoms with Crippen molar-refractivity contribution in [2.45, 2.75) is 39.7 Å². The molecule has 6 nitrogen and oxygen atoms in total. The Morgan fingerprint density at radius 1 is 1.31 bits per heavy atom. The minimum absolute atomic E-state index is 0. The van der Waals surface area contributed by atoms with Crippen molar-refractivity contribution in [2.24, 2.45) is 4.99 Å². The van der Waals surface area contributed by atoms with Gasteiger partial charge in [-0.3, -0.25) is 4.99 Å². The van der Waals surface area contributed by atoms with Gasteiger partial charge < -0.3 is 24.2 Å². The summed E-state index contributed by atoms with van der Waals surface area (Å²) in [6, 6.07) is 7.87. The summed E-state index contributed by atoms with van der Waals surface area (Å²) in [6.07, 6.45) is 3.39. The standard InChI is InChI=1S/C19H29N3O3.HI/c1-4-23-13-6-11-20-19(21-12-10-17-7-5-14-24-17)22-16(3)18-9-8-15(2)25-18;/h5,7-9,14,16H,4,6,10-13H2,1-3H3,(H2,20,21,22);1H. The largest absolute Gasteiger partial charge is 0.469 e. The minimum atomic E-state index is 0. The number of hydrogen-bond acceptors (Lipinski definition) is 4. The lowest BCUT2D eigenvalue weighted by molar-refractivity contribution is 0.146. The number of furan rings is 2. The Bertz CT molecular complexity index is 626. The van der Waals surface area contributed by atoms with Crippen LogP contribution in [0.4, 0.5) is 0 Å². The molecule has 0 aliphatic carbocycles.